The number of hydrogen-bond acceptors (Lipinski definition) is 8. The first-order valence-corrected chi connectivity index (χ1v) is 16.2. The number of nitrogens with zero attached hydrogens (tertiary/aromatic N) is 1. The summed E-state index contributed by atoms with van der Waals surface area (Å²) in [6.07, 6.45) is -8.02. The Bertz CT molecular complexity index is 1670. The van der Waals surface area contributed by atoms with Crippen LogP contribution in [0.1, 0.15) is 54.2 Å². The number of halogens is 1. The third kappa shape index (κ3) is 6.79. The van der Waals surface area contributed by atoms with Crippen LogP contribution >= 0.6 is 0 Å². The van der Waals surface area contributed by atoms with E-state index in [0.717, 1.165) is 22.4 Å². The van der Waals surface area contributed by atoms with E-state index >= 15 is 0 Å². The predicted molar refractivity (Wildman–Crippen MR) is 176 cm³/mol. The first-order chi connectivity index (χ1) is 23.2. The summed E-state index contributed by atoms with van der Waals surface area (Å²) in [6.45, 7) is -0.296. The quantitative estimate of drug-likeness (QED) is 0.133. The molecule has 2 saturated heterocycles. The molecule has 0 bridgehead atoms. The summed E-state index contributed by atoms with van der Waals surface area (Å²) in [5.74, 6) is -0.778. The number of ether oxygens (including phenoxy) is 1. The van der Waals surface area contributed by atoms with E-state index in [9.17, 15) is 39.8 Å². The van der Waals surface area contributed by atoms with Gasteiger partial charge in [0, 0.05) is 12.3 Å². The lowest BCUT2D eigenvalue weighted by Crippen LogP contribution is -2.59. The van der Waals surface area contributed by atoms with Crippen LogP contribution in [0, 0.1) is 11.7 Å². The summed E-state index contributed by atoms with van der Waals surface area (Å²) >= 11 is 0. The number of rotatable bonds is 11. The van der Waals surface area contributed by atoms with E-state index in [4.69, 9.17) is 4.74 Å². The third-order valence-corrected chi connectivity index (χ3v) is 9.54. The van der Waals surface area contributed by atoms with Gasteiger partial charge in [0.05, 0.1) is 24.2 Å². The Balaban J connectivity index is 1.21. The maximum atomic E-state index is 13.5. The summed E-state index contributed by atoms with van der Waals surface area (Å²) in [5.41, 5.74) is 4.35. The van der Waals surface area contributed by atoms with Crippen molar-refractivity contribution in [2.24, 2.45) is 5.92 Å². The van der Waals surface area contributed by atoms with E-state index in [1.807, 2.05) is 60.7 Å². The lowest BCUT2D eigenvalue weighted by Gasteiger charge is -2.48. The SMILES string of the molecule is O=C1[C@H](CC[C@H](O)c2ccc(F)cc2)[C@@H](c2ccc(-c3cccc([C@@H](O)[C@H]4OC(CCO)[C@H](O)[C@@H](O)[C@@H]4O)c3)cc2)N1c1ccccc1. The number of aliphatic hydroxyl groups is 6. The fourth-order valence-corrected chi connectivity index (χ4v) is 6.85. The Hall–Kier alpha value is -4.00. The fraction of sp³-hybridized carbons (Fsp3) is 0.342. The molecule has 0 aliphatic carbocycles. The van der Waals surface area contributed by atoms with Crippen LogP contribution in [-0.4, -0.2) is 73.7 Å². The molecule has 6 rings (SSSR count). The van der Waals surface area contributed by atoms with Crippen molar-refractivity contribution in [1.82, 2.24) is 0 Å². The standard InChI is InChI=1S/C38H40FNO8/c39-27-15-13-23(14-16-27)30(42)18-17-29-32(40(38(29)47)28-7-2-1-3-8-28)24-11-9-22(10-12-24)25-5-4-6-26(21-25)33(43)37-36(46)35(45)34(44)31(48-37)19-20-41/h1-16,21,29-37,41-46H,17-20H2/t29-,30+,31?,32-,33-,34+,35-,36+,37-/m1/s1. The summed E-state index contributed by atoms with van der Waals surface area (Å²) in [4.78, 5) is 15.2. The number of amides is 1. The summed E-state index contributed by atoms with van der Waals surface area (Å²) in [7, 11) is 0. The fourth-order valence-electron chi connectivity index (χ4n) is 6.85. The number of hydrogen-bond donors (Lipinski definition) is 6. The van der Waals surface area contributed by atoms with Gasteiger partial charge < -0.3 is 40.3 Å². The van der Waals surface area contributed by atoms with Crippen molar-refractivity contribution in [3.63, 3.8) is 0 Å². The molecule has 252 valence electrons. The molecule has 4 aromatic rings. The predicted octanol–water partition coefficient (Wildman–Crippen LogP) is 3.98. The Morgan fingerprint density at radius 2 is 1.46 bits per heavy atom. The molecule has 4 aromatic carbocycles. The highest BCUT2D eigenvalue weighted by atomic mass is 19.1. The van der Waals surface area contributed by atoms with Gasteiger partial charge in [-0.1, -0.05) is 72.8 Å². The maximum absolute atomic E-state index is 13.5. The summed E-state index contributed by atoms with van der Waals surface area (Å²) < 4.78 is 19.1. The van der Waals surface area contributed by atoms with Gasteiger partial charge in [-0.05, 0) is 77.4 Å². The molecule has 48 heavy (non-hydrogen) atoms. The second-order valence-corrected chi connectivity index (χ2v) is 12.6. The van der Waals surface area contributed by atoms with E-state index in [1.165, 1.54) is 12.1 Å². The number of carbonyl (C=O) groups is 1. The zero-order valence-electron chi connectivity index (χ0n) is 26.2. The first-order valence-electron chi connectivity index (χ1n) is 16.2. The van der Waals surface area contributed by atoms with Gasteiger partial charge in [-0.2, -0.15) is 0 Å². The Kier molecular flexibility index (Phi) is 10.3. The van der Waals surface area contributed by atoms with Crippen LogP contribution in [-0.2, 0) is 9.53 Å². The Labute approximate surface area is 278 Å². The monoisotopic (exact) mass is 657 g/mol. The molecule has 0 radical (unpaired) electrons. The number of para-hydroxylation sites is 1. The van der Waals surface area contributed by atoms with Gasteiger partial charge in [0.15, 0.2) is 0 Å². The van der Waals surface area contributed by atoms with Crippen LogP contribution < -0.4 is 4.90 Å². The molecular formula is C38H40FNO8. The van der Waals surface area contributed by atoms with Crippen LogP contribution in [0.2, 0.25) is 0 Å². The minimum atomic E-state index is -1.55. The second kappa shape index (κ2) is 14.6. The van der Waals surface area contributed by atoms with Crippen LogP contribution in [0.25, 0.3) is 11.1 Å². The minimum absolute atomic E-state index is 0.0323. The topological polar surface area (TPSA) is 151 Å². The van der Waals surface area contributed by atoms with Crippen LogP contribution in [0.15, 0.2) is 103 Å². The van der Waals surface area contributed by atoms with Gasteiger partial charge in [0.1, 0.15) is 36.3 Å². The van der Waals surface area contributed by atoms with Crippen molar-refractivity contribution in [3.8, 4) is 11.1 Å². The highest BCUT2D eigenvalue weighted by Gasteiger charge is 2.49. The molecule has 10 heteroatoms. The summed E-state index contributed by atoms with van der Waals surface area (Å²) in [6, 6.07) is 29.7. The van der Waals surface area contributed by atoms with E-state index < -0.39 is 42.7 Å². The Morgan fingerprint density at radius 3 is 2.15 bits per heavy atom. The van der Waals surface area contributed by atoms with Gasteiger partial charge in [-0.25, -0.2) is 4.39 Å². The van der Waals surface area contributed by atoms with E-state index in [0.29, 0.717) is 24.0 Å². The number of benzene rings is 4. The zero-order valence-corrected chi connectivity index (χ0v) is 26.2. The molecule has 1 unspecified atom stereocenters. The Morgan fingerprint density at radius 1 is 0.750 bits per heavy atom. The largest absolute Gasteiger partial charge is 0.396 e. The maximum Gasteiger partial charge on any atom is 0.233 e. The molecule has 6 N–H and O–H groups in total. The third-order valence-electron chi connectivity index (χ3n) is 9.54. The molecule has 0 saturated carbocycles. The van der Waals surface area contributed by atoms with Crippen molar-refractivity contribution in [3.05, 3.63) is 126 Å². The highest BCUT2D eigenvalue weighted by Crippen LogP contribution is 2.46. The normalized spacial score (nSPS) is 26.9. The number of aliphatic hydroxyl groups excluding tert-OH is 6. The number of carbonyl (C=O) groups excluding carboxylic acids is 1. The van der Waals surface area contributed by atoms with Gasteiger partial charge in [0.25, 0.3) is 0 Å². The minimum Gasteiger partial charge on any atom is -0.396 e. The molecular weight excluding hydrogens is 617 g/mol. The average molecular weight is 658 g/mol. The lowest BCUT2D eigenvalue weighted by atomic mass is 9.78. The molecule has 2 aliphatic heterocycles. The zero-order chi connectivity index (χ0) is 33.9. The molecule has 0 aromatic heterocycles. The van der Waals surface area contributed by atoms with Gasteiger partial charge >= 0.3 is 0 Å². The van der Waals surface area contributed by atoms with E-state index in [2.05, 4.69) is 0 Å². The van der Waals surface area contributed by atoms with Gasteiger partial charge in [0.2, 0.25) is 5.91 Å². The summed E-state index contributed by atoms with van der Waals surface area (Å²) in [5, 5.41) is 62.5. The molecule has 9 nitrogen and oxygen atoms in total. The van der Waals surface area contributed by atoms with Gasteiger partial charge in [-0.3, -0.25) is 4.79 Å². The van der Waals surface area contributed by atoms with Crippen LogP contribution in [0.5, 0.6) is 0 Å². The van der Waals surface area contributed by atoms with Gasteiger partial charge in [-0.15, -0.1) is 0 Å². The molecule has 1 amide bonds. The van der Waals surface area contributed by atoms with Crippen molar-refractivity contribution in [2.45, 2.75) is 68.0 Å². The van der Waals surface area contributed by atoms with Crippen molar-refractivity contribution < 1.29 is 44.6 Å². The number of β-lactam (4-membered cyclic amide) rings is 1. The highest BCUT2D eigenvalue weighted by molar-refractivity contribution is 6.03. The molecule has 2 fully saturated rings. The molecule has 2 aliphatic rings. The van der Waals surface area contributed by atoms with Crippen LogP contribution in [0.3, 0.4) is 0 Å². The van der Waals surface area contributed by atoms with Crippen molar-refractivity contribution in [1.29, 1.82) is 0 Å². The molecule has 0 spiro atoms. The second-order valence-electron chi connectivity index (χ2n) is 12.6. The van der Waals surface area contributed by atoms with Crippen LogP contribution in [0.4, 0.5) is 10.1 Å². The van der Waals surface area contributed by atoms with E-state index in [1.54, 1.807) is 35.2 Å². The smallest absolute Gasteiger partial charge is 0.233 e. The van der Waals surface area contributed by atoms with Crippen molar-refractivity contribution >= 4 is 11.6 Å². The molecule has 2 heterocycles. The average Bonchev–Trinajstić information content (AvgIpc) is 3.11. The lowest BCUT2D eigenvalue weighted by molar-refractivity contribution is -0.246. The number of anilines is 1. The first kappa shape index (κ1) is 33.9. The molecule has 9 atom stereocenters. The van der Waals surface area contributed by atoms with Crippen molar-refractivity contribution in [2.75, 3.05) is 11.5 Å². The van der Waals surface area contributed by atoms with E-state index in [-0.39, 0.29) is 36.7 Å².